The Bertz CT molecular complexity index is 538. The summed E-state index contributed by atoms with van der Waals surface area (Å²) in [4.78, 5) is 3.35. The van der Waals surface area contributed by atoms with E-state index in [1.54, 1.807) is 0 Å². The number of H-pyrrole nitrogens is 1. The molecule has 1 N–H and O–H groups in total. The van der Waals surface area contributed by atoms with Crippen LogP contribution in [-0.2, 0) is 0 Å². The monoisotopic (exact) mass is 195 g/mol. The third-order valence-electron chi connectivity index (χ3n) is 2.46. The van der Waals surface area contributed by atoms with Gasteiger partial charge in [0.1, 0.15) is 0 Å². The molecule has 15 heavy (non-hydrogen) atoms. The summed E-state index contributed by atoms with van der Waals surface area (Å²) in [5.74, 6) is 2.60. The van der Waals surface area contributed by atoms with Gasteiger partial charge in [-0.2, -0.15) is 0 Å². The maximum Gasteiger partial charge on any atom is 0.0462 e. The number of benzene rings is 1. The van der Waals surface area contributed by atoms with Gasteiger partial charge >= 0.3 is 0 Å². The van der Waals surface area contributed by atoms with Crippen LogP contribution in [-0.4, -0.2) is 4.98 Å². The highest BCUT2D eigenvalue weighted by Crippen LogP contribution is 2.22. The summed E-state index contributed by atoms with van der Waals surface area (Å²) in [6, 6.07) is 8.29. The van der Waals surface area contributed by atoms with E-state index in [4.69, 9.17) is 6.42 Å². The molecule has 0 amide bonds. The van der Waals surface area contributed by atoms with Gasteiger partial charge in [0.15, 0.2) is 0 Å². The van der Waals surface area contributed by atoms with Crippen LogP contribution in [0.4, 0.5) is 0 Å². The van der Waals surface area contributed by atoms with E-state index in [1.165, 1.54) is 22.2 Å². The van der Waals surface area contributed by atoms with Crippen LogP contribution in [0, 0.1) is 19.3 Å². The molecular weight excluding hydrogens is 182 g/mol. The van der Waals surface area contributed by atoms with Crippen molar-refractivity contribution in [1.29, 1.82) is 0 Å². The first kappa shape index (κ1) is 9.61. The predicted molar refractivity (Wildman–Crippen MR) is 65.5 cm³/mol. The van der Waals surface area contributed by atoms with Crippen molar-refractivity contribution >= 4 is 17.0 Å². The number of nitrogens with one attached hydrogen (secondary N) is 1. The van der Waals surface area contributed by atoms with E-state index in [-0.39, 0.29) is 0 Å². The molecule has 1 aromatic heterocycles. The number of aryl methyl sites for hydroxylation is 1. The van der Waals surface area contributed by atoms with Crippen molar-refractivity contribution in [2.75, 3.05) is 0 Å². The fourth-order valence-corrected chi connectivity index (χ4v) is 1.76. The van der Waals surface area contributed by atoms with E-state index < -0.39 is 0 Å². The highest BCUT2D eigenvalue weighted by atomic mass is 14.7. The number of fused-ring (bicyclic) bond motifs is 1. The van der Waals surface area contributed by atoms with Gasteiger partial charge in [-0.3, -0.25) is 0 Å². The van der Waals surface area contributed by atoms with Crippen LogP contribution in [0.2, 0.25) is 0 Å². The minimum atomic E-state index is 0.680. The van der Waals surface area contributed by atoms with Crippen LogP contribution < -0.4 is 0 Å². The van der Waals surface area contributed by atoms with Crippen molar-refractivity contribution in [2.24, 2.45) is 0 Å². The number of hydrogen-bond acceptors (Lipinski definition) is 0. The van der Waals surface area contributed by atoms with Gasteiger partial charge in [-0.25, -0.2) is 0 Å². The lowest BCUT2D eigenvalue weighted by Gasteiger charge is -1.91. The molecule has 0 saturated heterocycles. The molecule has 74 valence electrons. The van der Waals surface area contributed by atoms with Gasteiger partial charge in [0.2, 0.25) is 0 Å². The molecule has 0 unspecified atom stereocenters. The average Bonchev–Trinajstić information content (AvgIpc) is 2.56. The first-order valence-electron chi connectivity index (χ1n) is 5.00. The molecule has 1 aromatic carbocycles. The highest BCUT2D eigenvalue weighted by Gasteiger charge is 2.03. The highest BCUT2D eigenvalue weighted by molar-refractivity contribution is 5.90. The summed E-state index contributed by atoms with van der Waals surface area (Å²) in [6.07, 6.45) is 10.00. The van der Waals surface area contributed by atoms with E-state index in [9.17, 15) is 0 Å². The lowest BCUT2D eigenvalue weighted by Crippen LogP contribution is -1.73. The summed E-state index contributed by atoms with van der Waals surface area (Å²) in [7, 11) is 0. The smallest absolute Gasteiger partial charge is 0.0462 e. The Kier molecular flexibility index (Phi) is 2.60. The summed E-state index contributed by atoms with van der Waals surface area (Å²) in [6.45, 7) is 2.08. The van der Waals surface area contributed by atoms with Crippen LogP contribution in [0.3, 0.4) is 0 Å². The Morgan fingerprint density at radius 3 is 3.00 bits per heavy atom. The normalized spacial score (nSPS) is 10.9. The quantitative estimate of drug-likeness (QED) is 0.706. The molecule has 2 rings (SSSR count). The molecule has 0 spiro atoms. The van der Waals surface area contributed by atoms with Gasteiger partial charge in [0, 0.05) is 28.6 Å². The fraction of sp³-hybridized carbons (Fsp3) is 0.143. The fourth-order valence-electron chi connectivity index (χ4n) is 1.76. The van der Waals surface area contributed by atoms with Gasteiger partial charge in [-0.05, 0) is 13.0 Å². The number of hydrogen-bond donors (Lipinski definition) is 1. The van der Waals surface area contributed by atoms with Gasteiger partial charge in [-0.1, -0.05) is 30.4 Å². The van der Waals surface area contributed by atoms with Crippen molar-refractivity contribution < 1.29 is 0 Å². The molecule has 0 bridgehead atoms. The SMILES string of the molecule is C#CC/C=C\c1c(C)[nH]c2ccccc12. The van der Waals surface area contributed by atoms with Gasteiger partial charge < -0.3 is 4.98 Å². The Balaban J connectivity index is 2.50. The largest absolute Gasteiger partial charge is 0.358 e. The number of aromatic amines is 1. The van der Waals surface area contributed by atoms with Gasteiger partial charge in [0.25, 0.3) is 0 Å². The minimum absolute atomic E-state index is 0.680. The van der Waals surface area contributed by atoms with Crippen LogP contribution >= 0.6 is 0 Å². The molecule has 0 atom stereocenters. The zero-order valence-corrected chi connectivity index (χ0v) is 8.75. The Morgan fingerprint density at radius 2 is 2.20 bits per heavy atom. The Hall–Kier alpha value is -1.94. The van der Waals surface area contributed by atoms with Gasteiger partial charge in [0.05, 0.1) is 0 Å². The van der Waals surface area contributed by atoms with Crippen LogP contribution in [0.5, 0.6) is 0 Å². The summed E-state index contributed by atoms with van der Waals surface area (Å²) >= 11 is 0. The summed E-state index contributed by atoms with van der Waals surface area (Å²) in [5.41, 5.74) is 3.60. The molecule has 1 heterocycles. The number of rotatable bonds is 2. The second-order valence-corrected chi connectivity index (χ2v) is 3.52. The van der Waals surface area contributed by atoms with Crippen molar-refractivity contribution in [3.63, 3.8) is 0 Å². The zero-order chi connectivity index (χ0) is 10.7. The molecule has 1 nitrogen and oxygen atoms in total. The summed E-state index contributed by atoms with van der Waals surface area (Å²) < 4.78 is 0. The van der Waals surface area contributed by atoms with E-state index in [2.05, 4.69) is 36.0 Å². The van der Waals surface area contributed by atoms with Gasteiger partial charge in [-0.15, -0.1) is 12.3 Å². The molecule has 0 fully saturated rings. The molecule has 0 aliphatic heterocycles. The van der Waals surface area contributed by atoms with Crippen molar-refractivity contribution in [3.8, 4) is 12.3 Å². The standard InChI is InChI=1S/C14H13N/c1-3-4-5-8-12-11(2)15-14-10-7-6-9-13(12)14/h1,5-10,15H,4H2,2H3/b8-5-. The molecule has 1 heteroatoms. The van der Waals surface area contributed by atoms with E-state index in [0.29, 0.717) is 6.42 Å². The van der Waals surface area contributed by atoms with Crippen molar-refractivity contribution in [3.05, 3.63) is 41.6 Å². The topological polar surface area (TPSA) is 15.8 Å². The molecule has 0 saturated carbocycles. The third kappa shape index (κ3) is 1.80. The Labute approximate surface area is 89.8 Å². The first-order chi connectivity index (χ1) is 7.33. The van der Waals surface area contributed by atoms with Crippen LogP contribution in [0.25, 0.3) is 17.0 Å². The maximum absolute atomic E-state index is 5.21. The van der Waals surface area contributed by atoms with E-state index >= 15 is 0 Å². The molecule has 0 radical (unpaired) electrons. The number of terminal acetylenes is 1. The van der Waals surface area contributed by atoms with E-state index in [0.717, 1.165) is 0 Å². The van der Waals surface area contributed by atoms with Crippen LogP contribution in [0.15, 0.2) is 30.3 Å². The molecule has 0 aliphatic carbocycles. The Morgan fingerprint density at radius 1 is 1.40 bits per heavy atom. The first-order valence-corrected chi connectivity index (χ1v) is 5.00. The number of aromatic nitrogens is 1. The molecule has 2 aromatic rings. The zero-order valence-electron chi connectivity index (χ0n) is 8.75. The van der Waals surface area contributed by atoms with Crippen LogP contribution in [0.1, 0.15) is 17.7 Å². The van der Waals surface area contributed by atoms with E-state index in [1.807, 2.05) is 18.2 Å². The second kappa shape index (κ2) is 4.06. The predicted octanol–water partition coefficient (Wildman–Crippen LogP) is 3.51. The third-order valence-corrected chi connectivity index (χ3v) is 2.46. The number of allylic oxidation sites excluding steroid dienone is 1. The maximum atomic E-state index is 5.21. The molecule has 0 aliphatic rings. The minimum Gasteiger partial charge on any atom is -0.358 e. The lowest BCUT2D eigenvalue weighted by molar-refractivity contribution is 1.29. The molecular formula is C14H13N. The lowest BCUT2D eigenvalue weighted by atomic mass is 10.1. The number of para-hydroxylation sites is 1. The van der Waals surface area contributed by atoms with Crippen molar-refractivity contribution in [1.82, 2.24) is 4.98 Å². The second-order valence-electron chi connectivity index (χ2n) is 3.52. The summed E-state index contributed by atoms with van der Waals surface area (Å²) in [5, 5.41) is 1.25. The average molecular weight is 195 g/mol. The van der Waals surface area contributed by atoms with Crippen molar-refractivity contribution in [2.45, 2.75) is 13.3 Å².